The Morgan fingerprint density at radius 2 is 1.43 bits per heavy atom. The van der Waals surface area contributed by atoms with Crippen molar-refractivity contribution in [2.45, 2.75) is 18.0 Å². The first-order valence-corrected chi connectivity index (χ1v) is 5.38. The maximum absolute atomic E-state index is 13.4. The van der Waals surface area contributed by atoms with Crippen LogP contribution in [0.2, 0.25) is 0 Å². The van der Waals surface area contributed by atoms with Crippen LogP contribution in [-0.4, -0.2) is 27.3 Å². The van der Waals surface area contributed by atoms with Crippen LogP contribution < -0.4 is 0 Å². The Bertz CT molecular complexity index is 618. The van der Waals surface area contributed by atoms with E-state index >= 15 is 0 Å². The van der Waals surface area contributed by atoms with Crippen LogP contribution in [0.4, 0.5) is 30.7 Å². The van der Waals surface area contributed by atoms with Gasteiger partial charge in [-0.15, -0.1) is 0 Å². The Balaban J connectivity index is 2.41. The van der Waals surface area contributed by atoms with Gasteiger partial charge in [0, 0.05) is 5.56 Å². The van der Waals surface area contributed by atoms with Gasteiger partial charge in [-0.05, 0) is 0 Å². The molecule has 10 heteroatoms. The van der Waals surface area contributed by atoms with Gasteiger partial charge in [-0.2, -0.15) is 35.8 Å². The lowest BCUT2D eigenvalue weighted by molar-refractivity contribution is -0.361. The molecule has 1 aromatic carbocycles. The highest BCUT2D eigenvalue weighted by molar-refractivity contribution is 5.54. The van der Waals surface area contributed by atoms with Crippen LogP contribution >= 0.6 is 0 Å². The lowest BCUT2D eigenvalue weighted by Crippen LogP contribution is -2.50. The highest BCUT2D eigenvalue weighted by atomic mass is 19.4. The van der Waals surface area contributed by atoms with Gasteiger partial charge >= 0.3 is 18.0 Å². The molecular formula is C11H6F7N3. The molecule has 0 amide bonds. The molecule has 0 bridgehead atoms. The van der Waals surface area contributed by atoms with E-state index in [1.54, 1.807) is 6.07 Å². The van der Waals surface area contributed by atoms with Crippen molar-refractivity contribution in [3.63, 3.8) is 0 Å². The van der Waals surface area contributed by atoms with Crippen molar-refractivity contribution in [3.8, 4) is 11.4 Å². The summed E-state index contributed by atoms with van der Waals surface area (Å²) in [7, 11) is 0. The van der Waals surface area contributed by atoms with Crippen molar-refractivity contribution in [1.82, 2.24) is 15.2 Å². The lowest BCUT2D eigenvalue weighted by Gasteiger charge is -2.26. The molecule has 0 fully saturated rings. The summed E-state index contributed by atoms with van der Waals surface area (Å²) >= 11 is 0. The fourth-order valence-corrected chi connectivity index (χ4v) is 1.45. The fraction of sp³-hybridized carbons (Fsp3) is 0.273. The van der Waals surface area contributed by atoms with Crippen molar-refractivity contribution in [2.24, 2.45) is 0 Å². The zero-order chi connectivity index (χ0) is 15.9. The molecule has 0 aliphatic rings. The summed E-state index contributed by atoms with van der Waals surface area (Å²) in [4.78, 5) is 3.04. The Labute approximate surface area is 112 Å². The summed E-state index contributed by atoms with van der Waals surface area (Å²) in [6.07, 6.45) is -6.42. The molecule has 0 saturated carbocycles. The second kappa shape index (κ2) is 4.71. The minimum Gasteiger partial charge on any atom is -0.257 e. The van der Waals surface area contributed by atoms with Crippen molar-refractivity contribution < 1.29 is 30.7 Å². The molecular weight excluding hydrogens is 307 g/mol. The third-order valence-electron chi connectivity index (χ3n) is 2.57. The molecule has 2 aromatic rings. The zero-order valence-electron chi connectivity index (χ0n) is 9.93. The zero-order valence-corrected chi connectivity index (χ0v) is 9.93. The van der Waals surface area contributed by atoms with Gasteiger partial charge in [0.2, 0.25) is 5.82 Å². The monoisotopic (exact) mass is 313 g/mol. The number of nitrogens with one attached hydrogen (secondary N) is 1. The van der Waals surface area contributed by atoms with E-state index in [9.17, 15) is 30.7 Å². The van der Waals surface area contributed by atoms with Crippen LogP contribution in [0.25, 0.3) is 11.4 Å². The molecule has 114 valence electrons. The number of nitrogens with zero attached hydrogens (tertiary/aromatic N) is 2. The molecule has 0 saturated heterocycles. The van der Waals surface area contributed by atoms with Gasteiger partial charge in [-0.25, -0.2) is 4.98 Å². The average molecular weight is 313 g/mol. The number of aromatic amines is 1. The standard InChI is InChI=1S/C11H6F7N3/c12-9(13,10(14,15)11(16,17)18)8-19-7(20-21-8)6-4-2-1-3-5-6/h1-5H,(H,19,20,21). The average Bonchev–Trinajstić information content (AvgIpc) is 2.88. The Morgan fingerprint density at radius 1 is 0.857 bits per heavy atom. The molecule has 0 unspecified atom stereocenters. The molecule has 3 nitrogen and oxygen atoms in total. The van der Waals surface area contributed by atoms with Gasteiger partial charge in [0.15, 0.2) is 5.82 Å². The molecule has 2 rings (SSSR count). The lowest BCUT2D eigenvalue weighted by atomic mass is 10.1. The number of halogens is 7. The van der Waals surface area contributed by atoms with Crippen LogP contribution in [0.1, 0.15) is 5.82 Å². The quantitative estimate of drug-likeness (QED) is 0.877. The van der Waals surface area contributed by atoms with Crippen molar-refractivity contribution in [3.05, 3.63) is 36.2 Å². The van der Waals surface area contributed by atoms with E-state index in [1.165, 1.54) is 29.4 Å². The molecule has 1 heterocycles. The smallest absolute Gasteiger partial charge is 0.257 e. The van der Waals surface area contributed by atoms with Gasteiger partial charge in [-0.3, -0.25) is 5.10 Å². The highest BCUT2D eigenvalue weighted by Crippen LogP contribution is 2.50. The van der Waals surface area contributed by atoms with Gasteiger partial charge in [-0.1, -0.05) is 30.3 Å². The number of H-pyrrole nitrogens is 1. The molecule has 1 N–H and O–H groups in total. The Hall–Kier alpha value is -2.13. The minimum atomic E-state index is -6.42. The fourth-order valence-electron chi connectivity index (χ4n) is 1.45. The molecule has 0 radical (unpaired) electrons. The molecule has 0 spiro atoms. The SMILES string of the molecule is FC(F)(F)C(F)(F)C(F)(F)c1nc(-c2ccccc2)n[nH]1. The number of alkyl halides is 7. The number of benzene rings is 1. The molecule has 0 aliphatic carbocycles. The predicted molar refractivity (Wildman–Crippen MR) is 56.7 cm³/mol. The van der Waals surface area contributed by atoms with E-state index in [-0.39, 0.29) is 5.56 Å². The summed E-state index contributed by atoms with van der Waals surface area (Å²) in [6.45, 7) is 0. The van der Waals surface area contributed by atoms with Crippen molar-refractivity contribution >= 4 is 0 Å². The Kier molecular flexibility index (Phi) is 3.42. The normalized spacial score (nSPS) is 13.5. The Morgan fingerprint density at radius 3 is 1.95 bits per heavy atom. The second-order valence-electron chi connectivity index (χ2n) is 4.02. The van der Waals surface area contributed by atoms with Crippen LogP contribution in [-0.2, 0) is 5.92 Å². The van der Waals surface area contributed by atoms with Gasteiger partial charge in [0.1, 0.15) is 0 Å². The topological polar surface area (TPSA) is 41.6 Å². The second-order valence-corrected chi connectivity index (χ2v) is 4.02. The summed E-state index contributed by atoms with van der Waals surface area (Å²) in [5.74, 6) is -14.1. The maximum Gasteiger partial charge on any atom is 0.460 e. The van der Waals surface area contributed by atoms with Crippen LogP contribution in [0, 0.1) is 0 Å². The van der Waals surface area contributed by atoms with E-state index < -0.39 is 29.7 Å². The minimum absolute atomic E-state index is 0.186. The summed E-state index contributed by atoms with van der Waals surface area (Å²) in [5, 5.41) is 4.66. The highest BCUT2D eigenvalue weighted by Gasteiger charge is 2.75. The van der Waals surface area contributed by atoms with E-state index in [0.717, 1.165) is 0 Å². The summed E-state index contributed by atoms with van der Waals surface area (Å²) < 4.78 is 88.6. The van der Waals surface area contributed by atoms with Gasteiger partial charge in [0.25, 0.3) is 0 Å². The first kappa shape index (κ1) is 15.3. The van der Waals surface area contributed by atoms with E-state index in [1.807, 2.05) is 0 Å². The van der Waals surface area contributed by atoms with Gasteiger partial charge in [0.05, 0.1) is 0 Å². The molecule has 21 heavy (non-hydrogen) atoms. The number of hydrogen-bond donors (Lipinski definition) is 1. The van der Waals surface area contributed by atoms with E-state index in [0.29, 0.717) is 0 Å². The number of hydrogen-bond acceptors (Lipinski definition) is 2. The van der Waals surface area contributed by atoms with Crippen LogP contribution in [0.3, 0.4) is 0 Å². The number of aromatic nitrogens is 3. The summed E-state index contributed by atoms with van der Waals surface area (Å²) in [5.41, 5.74) is 0.186. The van der Waals surface area contributed by atoms with Crippen LogP contribution in [0.15, 0.2) is 30.3 Å². The first-order valence-electron chi connectivity index (χ1n) is 5.38. The van der Waals surface area contributed by atoms with E-state index in [2.05, 4.69) is 10.1 Å². The predicted octanol–water partition coefficient (Wildman–Crippen LogP) is 3.76. The van der Waals surface area contributed by atoms with E-state index in [4.69, 9.17) is 0 Å². The molecule has 0 atom stereocenters. The largest absolute Gasteiger partial charge is 0.460 e. The third-order valence-corrected chi connectivity index (χ3v) is 2.57. The maximum atomic E-state index is 13.4. The third kappa shape index (κ3) is 2.45. The molecule has 0 aliphatic heterocycles. The van der Waals surface area contributed by atoms with Crippen molar-refractivity contribution in [1.29, 1.82) is 0 Å². The molecule has 1 aromatic heterocycles. The first-order chi connectivity index (χ1) is 9.57. The number of rotatable bonds is 3. The van der Waals surface area contributed by atoms with Crippen LogP contribution in [0.5, 0.6) is 0 Å². The van der Waals surface area contributed by atoms with Gasteiger partial charge < -0.3 is 0 Å². The summed E-state index contributed by atoms with van der Waals surface area (Å²) in [6, 6.07) is 7.34. The van der Waals surface area contributed by atoms with Crippen molar-refractivity contribution in [2.75, 3.05) is 0 Å².